The number of halogens is 1. The first kappa shape index (κ1) is 17.8. The first-order valence-corrected chi connectivity index (χ1v) is 9.41. The lowest BCUT2D eigenvalue weighted by Crippen LogP contribution is -2.48. The van der Waals surface area contributed by atoms with E-state index in [1.165, 1.54) is 12.1 Å². The topological polar surface area (TPSA) is 41.6 Å². The molecule has 0 saturated carbocycles. The maximum absolute atomic E-state index is 13.6. The van der Waals surface area contributed by atoms with E-state index >= 15 is 0 Å². The summed E-state index contributed by atoms with van der Waals surface area (Å²) in [6.45, 7) is 8.68. The van der Waals surface area contributed by atoms with Gasteiger partial charge in [-0.15, -0.1) is 0 Å². The molecule has 3 heterocycles. The van der Waals surface area contributed by atoms with Crippen LogP contribution in [0, 0.1) is 12.7 Å². The number of fused-ring (bicyclic) bond motifs is 1. The molecular formula is C21H24FN3O2. The number of hydrogen-bond acceptors (Lipinski definition) is 3. The largest absolute Gasteiger partial charge is 0.460 e. The molecule has 27 heavy (non-hydrogen) atoms. The Kier molecular flexibility index (Phi) is 4.74. The van der Waals surface area contributed by atoms with Gasteiger partial charge in [0.25, 0.3) is 5.91 Å². The predicted octanol–water partition coefficient (Wildman–Crippen LogP) is 3.51. The molecule has 1 aromatic carbocycles. The highest BCUT2D eigenvalue weighted by Gasteiger charge is 2.26. The first-order chi connectivity index (χ1) is 13.0. The minimum absolute atomic E-state index is 0.00575. The van der Waals surface area contributed by atoms with E-state index in [-0.39, 0.29) is 11.7 Å². The molecule has 1 saturated heterocycles. The van der Waals surface area contributed by atoms with Crippen molar-refractivity contribution in [1.29, 1.82) is 0 Å². The van der Waals surface area contributed by atoms with E-state index in [9.17, 15) is 9.18 Å². The summed E-state index contributed by atoms with van der Waals surface area (Å²) in [4.78, 5) is 17.4. The maximum Gasteiger partial charge on any atom is 0.270 e. The van der Waals surface area contributed by atoms with Gasteiger partial charge in [0.15, 0.2) is 5.58 Å². The van der Waals surface area contributed by atoms with Gasteiger partial charge in [-0.1, -0.05) is 19.1 Å². The van der Waals surface area contributed by atoms with Gasteiger partial charge in [0, 0.05) is 44.9 Å². The van der Waals surface area contributed by atoms with Crippen LogP contribution >= 0.6 is 0 Å². The molecule has 0 unspecified atom stereocenters. The number of hydrogen-bond donors (Lipinski definition) is 0. The molecule has 0 spiro atoms. The summed E-state index contributed by atoms with van der Waals surface area (Å²) < 4.78 is 21.3. The van der Waals surface area contributed by atoms with Gasteiger partial charge in [0.2, 0.25) is 0 Å². The average molecular weight is 369 g/mol. The van der Waals surface area contributed by atoms with E-state index in [4.69, 9.17) is 4.42 Å². The number of nitrogens with zero attached hydrogens (tertiary/aromatic N) is 3. The van der Waals surface area contributed by atoms with Crippen molar-refractivity contribution >= 4 is 17.0 Å². The lowest BCUT2D eigenvalue weighted by atomic mass is 10.2. The van der Waals surface area contributed by atoms with Gasteiger partial charge in [0.1, 0.15) is 17.3 Å². The number of aromatic nitrogens is 1. The van der Waals surface area contributed by atoms with Gasteiger partial charge >= 0.3 is 0 Å². The molecule has 1 aliphatic rings. The minimum atomic E-state index is -0.275. The fraction of sp³-hybridized carbons (Fsp3) is 0.381. The monoisotopic (exact) mass is 369 g/mol. The summed E-state index contributed by atoms with van der Waals surface area (Å²) in [7, 11) is 0. The number of rotatable bonds is 4. The van der Waals surface area contributed by atoms with Crippen molar-refractivity contribution in [3.8, 4) is 0 Å². The van der Waals surface area contributed by atoms with E-state index in [1.807, 2.05) is 34.6 Å². The number of amides is 1. The first-order valence-electron chi connectivity index (χ1n) is 9.41. The fourth-order valence-electron chi connectivity index (χ4n) is 3.76. The molecule has 0 bridgehead atoms. The van der Waals surface area contributed by atoms with Gasteiger partial charge in [-0.2, -0.15) is 0 Å². The second-order valence-corrected chi connectivity index (χ2v) is 7.08. The standard InChI is InChI=1S/C21H24FN3O2/c1-3-23-7-9-24(10-8-23)21(26)19-13-20-18(11-15(2)27-20)25(19)14-16-5-4-6-17(22)12-16/h4-6,11-13H,3,7-10,14H2,1-2H3. The molecule has 6 heteroatoms. The number of furan rings is 1. The van der Waals surface area contributed by atoms with Crippen LogP contribution in [-0.2, 0) is 6.54 Å². The second kappa shape index (κ2) is 7.19. The molecule has 1 fully saturated rings. The van der Waals surface area contributed by atoms with Gasteiger partial charge in [-0.25, -0.2) is 4.39 Å². The smallest absolute Gasteiger partial charge is 0.270 e. The SMILES string of the molecule is CCN1CCN(C(=O)c2cc3oc(C)cc3n2Cc2cccc(F)c2)CC1. The Bertz CT molecular complexity index is 967. The number of aryl methyl sites for hydroxylation is 1. The van der Waals surface area contributed by atoms with Gasteiger partial charge in [-0.3, -0.25) is 4.79 Å². The molecule has 5 nitrogen and oxygen atoms in total. The Morgan fingerprint density at radius 1 is 1.15 bits per heavy atom. The van der Waals surface area contributed by atoms with E-state index in [0.29, 0.717) is 17.8 Å². The summed E-state index contributed by atoms with van der Waals surface area (Å²) >= 11 is 0. The highest BCUT2D eigenvalue weighted by atomic mass is 19.1. The lowest BCUT2D eigenvalue weighted by Gasteiger charge is -2.34. The molecule has 4 rings (SSSR count). The van der Waals surface area contributed by atoms with Crippen LogP contribution in [0.25, 0.3) is 11.1 Å². The van der Waals surface area contributed by atoms with Crippen molar-refractivity contribution in [3.63, 3.8) is 0 Å². The second-order valence-electron chi connectivity index (χ2n) is 7.08. The van der Waals surface area contributed by atoms with Crippen molar-refractivity contribution in [1.82, 2.24) is 14.4 Å². The van der Waals surface area contributed by atoms with Crippen molar-refractivity contribution in [2.24, 2.45) is 0 Å². The number of carbonyl (C=O) groups excluding carboxylic acids is 1. The molecular weight excluding hydrogens is 345 g/mol. The predicted molar refractivity (Wildman–Crippen MR) is 102 cm³/mol. The Balaban J connectivity index is 1.67. The van der Waals surface area contributed by atoms with Gasteiger partial charge in [0.05, 0.1) is 5.52 Å². The van der Waals surface area contributed by atoms with Crippen LogP contribution in [-0.4, -0.2) is 53.0 Å². The molecule has 142 valence electrons. The van der Waals surface area contributed by atoms with E-state index in [0.717, 1.165) is 49.6 Å². The van der Waals surface area contributed by atoms with Gasteiger partial charge in [-0.05, 0) is 31.2 Å². The number of carbonyl (C=O) groups is 1. The summed E-state index contributed by atoms with van der Waals surface area (Å²) in [5.74, 6) is 0.526. The third-order valence-electron chi connectivity index (χ3n) is 5.27. The molecule has 0 radical (unpaired) electrons. The number of likely N-dealkylation sites (N-methyl/N-ethyl adjacent to an activating group) is 1. The van der Waals surface area contributed by atoms with Crippen LogP contribution in [0.1, 0.15) is 28.7 Å². The van der Waals surface area contributed by atoms with Crippen LogP contribution in [0.5, 0.6) is 0 Å². The van der Waals surface area contributed by atoms with Crippen molar-refractivity contribution < 1.29 is 13.6 Å². The molecule has 2 aromatic heterocycles. The van der Waals surface area contributed by atoms with Crippen LogP contribution in [0.3, 0.4) is 0 Å². The molecule has 1 aliphatic heterocycles. The summed E-state index contributed by atoms with van der Waals surface area (Å²) in [6, 6.07) is 10.2. The highest BCUT2D eigenvalue weighted by molar-refractivity contribution is 5.97. The molecule has 0 N–H and O–H groups in total. The zero-order valence-corrected chi connectivity index (χ0v) is 15.7. The van der Waals surface area contributed by atoms with Crippen LogP contribution in [0.4, 0.5) is 4.39 Å². The third-order valence-corrected chi connectivity index (χ3v) is 5.27. The number of benzene rings is 1. The van der Waals surface area contributed by atoms with Gasteiger partial charge < -0.3 is 18.8 Å². The van der Waals surface area contributed by atoms with Crippen LogP contribution in [0.15, 0.2) is 40.8 Å². The van der Waals surface area contributed by atoms with Crippen molar-refractivity contribution in [2.75, 3.05) is 32.7 Å². The van der Waals surface area contributed by atoms with Crippen LogP contribution < -0.4 is 0 Å². The Morgan fingerprint density at radius 2 is 1.93 bits per heavy atom. The maximum atomic E-state index is 13.6. The zero-order valence-electron chi connectivity index (χ0n) is 15.7. The Labute approximate surface area is 158 Å². The molecule has 0 atom stereocenters. The average Bonchev–Trinajstić information content (AvgIpc) is 3.18. The minimum Gasteiger partial charge on any atom is -0.460 e. The summed E-state index contributed by atoms with van der Waals surface area (Å²) in [6.07, 6.45) is 0. The lowest BCUT2D eigenvalue weighted by molar-refractivity contribution is 0.0633. The normalized spacial score (nSPS) is 15.6. The third kappa shape index (κ3) is 3.49. The molecule has 1 amide bonds. The highest BCUT2D eigenvalue weighted by Crippen LogP contribution is 2.26. The van der Waals surface area contributed by atoms with E-state index in [1.54, 1.807) is 6.07 Å². The van der Waals surface area contributed by atoms with E-state index < -0.39 is 0 Å². The fourth-order valence-corrected chi connectivity index (χ4v) is 3.76. The number of piperazine rings is 1. The summed E-state index contributed by atoms with van der Waals surface area (Å²) in [5.41, 5.74) is 2.97. The van der Waals surface area contributed by atoms with Crippen LogP contribution in [0.2, 0.25) is 0 Å². The van der Waals surface area contributed by atoms with E-state index in [2.05, 4.69) is 11.8 Å². The Morgan fingerprint density at radius 3 is 2.63 bits per heavy atom. The molecule has 3 aromatic rings. The molecule has 0 aliphatic carbocycles. The quantitative estimate of drug-likeness (QED) is 0.707. The van der Waals surface area contributed by atoms with Crippen molar-refractivity contribution in [3.05, 3.63) is 59.2 Å². The summed E-state index contributed by atoms with van der Waals surface area (Å²) in [5, 5.41) is 0. The Hall–Kier alpha value is -2.60. The van der Waals surface area contributed by atoms with Crippen molar-refractivity contribution in [2.45, 2.75) is 20.4 Å². The zero-order chi connectivity index (χ0) is 19.0.